The molecule has 3 N–H and O–H groups in total. The summed E-state index contributed by atoms with van der Waals surface area (Å²) in [4.78, 5) is 29.9. The molecular weight excluding hydrogens is 356 g/mol. The van der Waals surface area contributed by atoms with Gasteiger partial charge in [0.1, 0.15) is 5.60 Å². The Morgan fingerprint density at radius 1 is 1.21 bits per heavy atom. The second-order valence-electron chi connectivity index (χ2n) is 8.61. The fraction of sp³-hybridized carbons (Fsp3) is 0.857. The summed E-state index contributed by atoms with van der Waals surface area (Å²) < 4.78 is 5.32. The first-order valence-corrected chi connectivity index (χ1v) is 10.7. The summed E-state index contributed by atoms with van der Waals surface area (Å²) in [6, 6.07) is 0. The van der Waals surface area contributed by atoms with Crippen LogP contribution in [0.2, 0.25) is 0 Å². The van der Waals surface area contributed by atoms with Crippen molar-refractivity contribution >= 4 is 17.8 Å². The van der Waals surface area contributed by atoms with Crippen molar-refractivity contribution in [2.75, 3.05) is 26.2 Å². The van der Waals surface area contributed by atoms with Gasteiger partial charge >= 0.3 is 5.97 Å². The molecule has 7 nitrogen and oxygen atoms in total. The van der Waals surface area contributed by atoms with E-state index in [1.54, 1.807) is 0 Å². The Labute approximate surface area is 170 Å². The first-order chi connectivity index (χ1) is 13.2. The van der Waals surface area contributed by atoms with Crippen molar-refractivity contribution in [3.8, 4) is 0 Å². The van der Waals surface area contributed by atoms with Gasteiger partial charge in [-0.15, -0.1) is 0 Å². The number of aliphatic imine (C=N–C) groups is 1. The largest absolute Gasteiger partial charge is 0.460 e. The third-order valence-electron chi connectivity index (χ3n) is 4.61. The number of carbonyl (C=O) groups excluding carboxylic acids is 2. The number of nitrogens with zero attached hydrogens (tertiary/aromatic N) is 2. The van der Waals surface area contributed by atoms with Crippen molar-refractivity contribution in [1.82, 2.24) is 10.2 Å². The van der Waals surface area contributed by atoms with Gasteiger partial charge in [-0.05, 0) is 59.3 Å². The van der Waals surface area contributed by atoms with E-state index in [4.69, 9.17) is 15.5 Å². The molecule has 0 aromatic carbocycles. The second kappa shape index (κ2) is 12.6. The van der Waals surface area contributed by atoms with Crippen LogP contribution in [-0.4, -0.2) is 54.5 Å². The minimum atomic E-state index is -0.403. The van der Waals surface area contributed by atoms with E-state index in [1.807, 2.05) is 20.8 Å². The number of rotatable bonds is 10. The Bertz CT molecular complexity index is 514. The van der Waals surface area contributed by atoms with Gasteiger partial charge in [0, 0.05) is 39.0 Å². The molecule has 162 valence electrons. The molecule has 28 heavy (non-hydrogen) atoms. The number of guanidine groups is 1. The van der Waals surface area contributed by atoms with Crippen molar-refractivity contribution in [3.63, 3.8) is 0 Å². The maximum Gasteiger partial charge on any atom is 0.306 e. The van der Waals surface area contributed by atoms with Gasteiger partial charge in [-0.3, -0.25) is 14.6 Å². The Balaban J connectivity index is 2.31. The van der Waals surface area contributed by atoms with Crippen LogP contribution in [0.5, 0.6) is 0 Å². The molecule has 1 aliphatic rings. The van der Waals surface area contributed by atoms with E-state index in [0.29, 0.717) is 18.8 Å². The smallest absolute Gasteiger partial charge is 0.306 e. The summed E-state index contributed by atoms with van der Waals surface area (Å²) in [7, 11) is 0. The number of esters is 1. The maximum atomic E-state index is 11.7. The molecule has 0 aliphatic carbocycles. The molecule has 1 atom stereocenters. The van der Waals surface area contributed by atoms with E-state index >= 15 is 0 Å². The Morgan fingerprint density at radius 2 is 1.93 bits per heavy atom. The minimum Gasteiger partial charge on any atom is -0.460 e. The number of amides is 1. The maximum absolute atomic E-state index is 11.7. The predicted octanol–water partition coefficient (Wildman–Crippen LogP) is 2.83. The van der Waals surface area contributed by atoms with Gasteiger partial charge in [-0.2, -0.15) is 0 Å². The number of carbonyl (C=O) groups is 2. The Kier molecular flexibility index (Phi) is 10.9. The molecule has 0 radical (unpaired) electrons. The van der Waals surface area contributed by atoms with E-state index in [0.717, 1.165) is 70.7 Å². The Morgan fingerprint density at radius 3 is 2.57 bits per heavy atom. The molecule has 1 aliphatic heterocycles. The van der Waals surface area contributed by atoms with Crippen LogP contribution in [0.3, 0.4) is 0 Å². The van der Waals surface area contributed by atoms with Gasteiger partial charge < -0.3 is 20.7 Å². The zero-order valence-electron chi connectivity index (χ0n) is 18.3. The predicted molar refractivity (Wildman–Crippen MR) is 113 cm³/mol. The lowest BCUT2D eigenvalue weighted by Crippen LogP contribution is -2.47. The minimum absolute atomic E-state index is 0.115. The second-order valence-corrected chi connectivity index (χ2v) is 8.61. The standard InChI is InChI=1S/C21H40N4O3/c1-5-23-20(25-14-10-11-17(16-25)15-18(22)26)24-13-9-7-6-8-12-19(27)28-21(2,3)4/h17H,5-16H2,1-4H3,(H2,22,26)(H,23,24). The summed E-state index contributed by atoms with van der Waals surface area (Å²) >= 11 is 0. The molecule has 1 heterocycles. The lowest BCUT2D eigenvalue weighted by molar-refractivity contribution is -0.154. The first-order valence-electron chi connectivity index (χ1n) is 10.7. The van der Waals surface area contributed by atoms with Crippen LogP contribution in [0.4, 0.5) is 0 Å². The van der Waals surface area contributed by atoms with Crippen molar-refractivity contribution in [2.24, 2.45) is 16.6 Å². The van der Waals surface area contributed by atoms with Gasteiger partial charge in [0.15, 0.2) is 5.96 Å². The van der Waals surface area contributed by atoms with E-state index in [-0.39, 0.29) is 11.9 Å². The van der Waals surface area contributed by atoms with Gasteiger partial charge in [0.05, 0.1) is 0 Å². The highest BCUT2D eigenvalue weighted by Crippen LogP contribution is 2.19. The number of unbranched alkanes of at least 4 members (excludes halogenated alkanes) is 3. The highest BCUT2D eigenvalue weighted by Gasteiger charge is 2.23. The van der Waals surface area contributed by atoms with Crippen LogP contribution >= 0.6 is 0 Å². The number of primary amides is 1. The van der Waals surface area contributed by atoms with E-state index in [9.17, 15) is 9.59 Å². The number of nitrogens with two attached hydrogens (primary N) is 1. The first kappa shape index (κ1) is 24.2. The third kappa shape index (κ3) is 11.1. The number of hydrogen-bond donors (Lipinski definition) is 2. The third-order valence-corrected chi connectivity index (χ3v) is 4.61. The lowest BCUT2D eigenvalue weighted by Gasteiger charge is -2.34. The van der Waals surface area contributed by atoms with E-state index < -0.39 is 5.60 Å². The fourth-order valence-electron chi connectivity index (χ4n) is 3.45. The number of likely N-dealkylation sites (tertiary alicyclic amines) is 1. The molecule has 0 aromatic heterocycles. The number of nitrogens with one attached hydrogen (secondary N) is 1. The summed E-state index contributed by atoms with van der Waals surface area (Å²) in [5.41, 5.74) is 4.95. The van der Waals surface area contributed by atoms with Crippen LogP contribution in [0, 0.1) is 5.92 Å². The number of hydrogen-bond acceptors (Lipinski definition) is 4. The molecule has 0 aromatic rings. The van der Waals surface area contributed by atoms with Gasteiger partial charge in [0.25, 0.3) is 0 Å². The van der Waals surface area contributed by atoms with E-state index in [2.05, 4.69) is 17.1 Å². The Hall–Kier alpha value is -1.79. The molecule has 1 fully saturated rings. The topological polar surface area (TPSA) is 97.0 Å². The molecule has 1 rings (SSSR count). The molecule has 1 amide bonds. The molecule has 0 bridgehead atoms. The molecule has 1 saturated heterocycles. The summed E-state index contributed by atoms with van der Waals surface area (Å²) in [6.07, 6.45) is 6.97. The summed E-state index contributed by atoms with van der Waals surface area (Å²) in [5.74, 6) is 0.920. The van der Waals surface area contributed by atoms with Gasteiger partial charge in [0.2, 0.25) is 5.91 Å². The average Bonchev–Trinajstić information content (AvgIpc) is 2.58. The van der Waals surface area contributed by atoms with Crippen LogP contribution in [-0.2, 0) is 14.3 Å². The normalized spacial score (nSPS) is 18.1. The highest BCUT2D eigenvalue weighted by molar-refractivity contribution is 5.80. The molecule has 0 saturated carbocycles. The monoisotopic (exact) mass is 396 g/mol. The van der Waals surface area contributed by atoms with Crippen LogP contribution < -0.4 is 11.1 Å². The average molecular weight is 397 g/mol. The van der Waals surface area contributed by atoms with Gasteiger partial charge in [-0.1, -0.05) is 12.8 Å². The molecule has 1 unspecified atom stereocenters. The summed E-state index contributed by atoms with van der Waals surface area (Å²) in [6.45, 7) is 11.1. The van der Waals surface area contributed by atoms with E-state index in [1.165, 1.54) is 0 Å². The summed E-state index contributed by atoms with van der Waals surface area (Å²) in [5, 5.41) is 3.36. The molecule has 7 heteroatoms. The van der Waals surface area contributed by atoms with Crippen molar-refractivity contribution in [1.29, 1.82) is 0 Å². The zero-order valence-corrected chi connectivity index (χ0v) is 18.3. The van der Waals surface area contributed by atoms with Crippen LogP contribution in [0.25, 0.3) is 0 Å². The zero-order chi connectivity index (χ0) is 21.0. The number of piperidine rings is 1. The van der Waals surface area contributed by atoms with Crippen LogP contribution in [0.1, 0.15) is 79.1 Å². The highest BCUT2D eigenvalue weighted by atomic mass is 16.6. The molecular formula is C21H40N4O3. The number of ether oxygens (including phenoxy) is 1. The van der Waals surface area contributed by atoms with Crippen molar-refractivity contribution in [3.05, 3.63) is 0 Å². The van der Waals surface area contributed by atoms with Gasteiger partial charge in [-0.25, -0.2) is 0 Å². The fourth-order valence-corrected chi connectivity index (χ4v) is 3.45. The quantitative estimate of drug-likeness (QED) is 0.256. The lowest BCUT2D eigenvalue weighted by atomic mass is 9.95. The van der Waals surface area contributed by atoms with Crippen LogP contribution in [0.15, 0.2) is 4.99 Å². The van der Waals surface area contributed by atoms with Crippen molar-refractivity contribution < 1.29 is 14.3 Å². The van der Waals surface area contributed by atoms with Crippen molar-refractivity contribution in [2.45, 2.75) is 84.7 Å². The molecule has 0 spiro atoms. The SMILES string of the molecule is CCNC(=NCCCCCCC(=O)OC(C)(C)C)N1CCCC(CC(N)=O)C1.